The van der Waals surface area contributed by atoms with Gasteiger partial charge in [0.1, 0.15) is 29.1 Å². The maximum atomic E-state index is 13.3. The van der Waals surface area contributed by atoms with Gasteiger partial charge in [-0.25, -0.2) is 9.37 Å². The number of carbonyl (C=O) groups excluding carboxylic acids is 1. The molecular formula is C26H25FN4O3. The highest BCUT2D eigenvalue weighted by atomic mass is 19.1. The van der Waals surface area contributed by atoms with Crippen molar-refractivity contribution in [2.75, 3.05) is 13.2 Å². The highest BCUT2D eigenvalue weighted by Gasteiger charge is 2.34. The van der Waals surface area contributed by atoms with Crippen LogP contribution < -0.4 is 4.74 Å². The summed E-state index contributed by atoms with van der Waals surface area (Å²) >= 11 is 0. The van der Waals surface area contributed by atoms with E-state index in [2.05, 4.69) is 15.2 Å². The summed E-state index contributed by atoms with van der Waals surface area (Å²) in [6.45, 7) is 3.17. The van der Waals surface area contributed by atoms with Crippen molar-refractivity contribution in [3.63, 3.8) is 0 Å². The zero-order valence-electron chi connectivity index (χ0n) is 18.8. The maximum absolute atomic E-state index is 13.3. The van der Waals surface area contributed by atoms with Crippen LogP contribution in [0.15, 0.2) is 65.2 Å². The first-order chi connectivity index (χ1) is 16.6. The Morgan fingerprint density at radius 1 is 1.21 bits per heavy atom. The molecule has 1 aliphatic rings. The number of aromatic nitrogens is 3. The van der Waals surface area contributed by atoms with Crippen LogP contribution >= 0.6 is 0 Å². The van der Waals surface area contributed by atoms with E-state index in [1.54, 1.807) is 29.3 Å². The topological polar surface area (TPSA) is 84.2 Å². The van der Waals surface area contributed by atoms with Crippen LogP contribution in [-0.4, -0.2) is 39.1 Å². The lowest BCUT2D eigenvalue weighted by atomic mass is 10.1. The molecule has 0 unspecified atom stereocenters. The molecule has 34 heavy (non-hydrogen) atoms. The largest absolute Gasteiger partial charge is 0.494 e. The van der Waals surface area contributed by atoms with E-state index in [4.69, 9.17) is 9.15 Å². The van der Waals surface area contributed by atoms with Gasteiger partial charge in [0.2, 0.25) is 5.89 Å². The highest BCUT2D eigenvalue weighted by Crippen LogP contribution is 2.33. The monoisotopic (exact) mass is 460 g/mol. The third-order valence-electron chi connectivity index (χ3n) is 5.93. The van der Waals surface area contributed by atoms with Crippen LogP contribution in [0.4, 0.5) is 4.39 Å². The van der Waals surface area contributed by atoms with Crippen LogP contribution in [0, 0.1) is 5.82 Å². The molecule has 3 heterocycles. The molecule has 2 aromatic carbocycles. The van der Waals surface area contributed by atoms with Crippen LogP contribution in [0.1, 0.15) is 53.5 Å². The Morgan fingerprint density at radius 2 is 2.00 bits per heavy atom. The lowest BCUT2D eigenvalue weighted by molar-refractivity contribution is 0.0708. The number of ether oxygens (including phenoxy) is 1. The van der Waals surface area contributed by atoms with Crippen molar-refractivity contribution in [1.82, 2.24) is 20.1 Å². The molecular weight excluding hydrogens is 435 g/mol. The van der Waals surface area contributed by atoms with Gasteiger partial charge in [0.25, 0.3) is 5.91 Å². The first-order valence-electron chi connectivity index (χ1n) is 11.4. The zero-order chi connectivity index (χ0) is 23.5. The summed E-state index contributed by atoms with van der Waals surface area (Å²) in [6, 6.07) is 15.5. The number of carbonyl (C=O) groups is 1. The van der Waals surface area contributed by atoms with E-state index in [-0.39, 0.29) is 17.8 Å². The number of halogens is 1. The SMILES string of the molecule is CCOc1ccc(-c2cc(C(=O)N3CCC[C@@H]3c3ncc(Cc4ccc(F)cc4)o3)[nH]n2)cc1. The van der Waals surface area contributed by atoms with Gasteiger partial charge in [0.05, 0.1) is 18.5 Å². The second-order valence-corrected chi connectivity index (χ2v) is 8.25. The molecule has 1 fully saturated rings. The van der Waals surface area contributed by atoms with E-state index in [0.29, 0.717) is 42.6 Å². The summed E-state index contributed by atoms with van der Waals surface area (Å²) in [5.41, 5.74) is 2.95. The maximum Gasteiger partial charge on any atom is 0.272 e. The van der Waals surface area contributed by atoms with Gasteiger partial charge in [0.15, 0.2) is 0 Å². The standard InChI is InChI=1S/C26H25FN4O3/c1-2-33-20-11-7-18(8-12-20)22-15-23(30-29-22)26(32)31-13-3-4-24(31)25-28-16-21(34-25)14-17-5-9-19(27)10-6-17/h5-12,15-16,24H,2-4,13-14H2,1H3,(H,29,30)/t24-/m1/s1. The molecule has 0 bridgehead atoms. The molecule has 2 aromatic heterocycles. The Kier molecular flexibility index (Phi) is 6.12. The number of aromatic amines is 1. The van der Waals surface area contributed by atoms with Crippen molar-refractivity contribution >= 4 is 5.91 Å². The van der Waals surface area contributed by atoms with Gasteiger partial charge in [-0.15, -0.1) is 0 Å². The minimum absolute atomic E-state index is 0.134. The van der Waals surface area contributed by atoms with E-state index >= 15 is 0 Å². The average Bonchev–Trinajstić information content (AvgIpc) is 3.61. The molecule has 8 heteroatoms. The number of nitrogens with zero attached hydrogens (tertiary/aromatic N) is 3. The van der Waals surface area contributed by atoms with Crippen LogP contribution in [-0.2, 0) is 6.42 Å². The van der Waals surface area contributed by atoms with Gasteiger partial charge in [-0.05, 0) is 67.8 Å². The van der Waals surface area contributed by atoms with E-state index < -0.39 is 0 Å². The molecule has 174 valence electrons. The van der Waals surface area contributed by atoms with Crippen molar-refractivity contribution in [3.05, 3.63) is 89.5 Å². The molecule has 0 radical (unpaired) electrons. The molecule has 1 atom stereocenters. The Bertz CT molecular complexity index is 1260. The van der Waals surface area contributed by atoms with Crippen LogP contribution in [0.2, 0.25) is 0 Å². The van der Waals surface area contributed by atoms with Crippen molar-refractivity contribution in [3.8, 4) is 17.0 Å². The summed E-state index contributed by atoms with van der Waals surface area (Å²) in [4.78, 5) is 19.5. The molecule has 0 saturated carbocycles. The van der Waals surface area contributed by atoms with Crippen molar-refractivity contribution in [1.29, 1.82) is 0 Å². The average molecular weight is 461 g/mol. The number of nitrogens with one attached hydrogen (secondary N) is 1. The minimum atomic E-state index is -0.272. The molecule has 7 nitrogen and oxygen atoms in total. The van der Waals surface area contributed by atoms with Crippen LogP contribution in [0.5, 0.6) is 5.75 Å². The fourth-order valence-corrected chi connectivity index (χ4v) is 4.25. The van der Waals surface area contributed by atoms with Gasteiger partial charge >= 0.3 is 0 Å². The number of hydrogen-bond acceptors (Lipinski definition) is 5. The summed E-state index contributed by atoms with van der Waals surface area (Å²) < 4.78 is 24.6. The molecule has 1 saturated heterocycles. The number of hydrogen-bond donors (Lipinski definition) is 1. The number of amides is 1. The summed E-state index contributed by atoms with van der Waals surface area (Å²) in [5, 5.41) is 7.21. The zero-order valence-corrected chi connectivity index (χ0v) is 18.8. The Morgan fingerprint density at radius 3 is 2.76 bits per heavy atom. The first kappa shape index (κ1) is 21.9. The highest BCUT2D eigenvalue weighted by molar-refractivity contribution is 5.93. The normalized spacial score (nSPS) is 15.6. The first-order valence-corrected chi connectivity index (χ1v) is 11.4. The molecule has 1 N–H and O–H groups in total. The molecule has 1 aliphatic heterocycles. The number of rotatable bonds is 7. The van der Waals surface area contributed by atoms with E-state index in [1.165, 1.54) is 12.1 Å². The predicted molar refractivity (Wildman–Crippen MR) is 124 cm³/mol. The van der Waals surface area contributed by atoms with Gasteiger partial charge < -0.3 is 14.1 Å². The molecule has 1 amide bonds. The van der Waals surface area contributed by atoms with E-state index in [9.17, 15) is 9.18 Å². The fourth-order valence-electron chi connectivity index (χ4n) is 4.25. The van der Waals surface area contributed by atoms with Crippen molar-refractivity contribution < 1.29 is 18.3 Å². The molecule has 0 aliphatic carbocycles. The van der Waals surface area contributed by atoms with Crippen molar-refractivity contribution in [2.24, 2.45) is 0 Å². The van der Waals surface area contributed by atoms with Gasteiger partial charge in [-0.3, -0.25) is 9.89 Å². The fraction of sp³-hybridized carbons (Fsp3) is 0.269. The van der Waals surface area contributed by atoms with E-state index in [0.717, 1.165) is 29.7 Å². The summed E-state index contributed by atoms with van der Waals surface area (Å²) in [6.07, 6.45) is 3.84. The Labute approximate surface area is 196 Å². The quantitative estimate of drug-likeness (QED) is 0.411. The smallest absolute Gasteiger partial charge is 0.272 e. The third kappa shape index (κ3) is 4.57. The third-order valence-corrected chi connectivity index (χ3v) is 5.93. The molecule has 0 spiro atoms. The number of benzene rings is 2. The number of likely N-dealkylation sites (tertiary alicyclic amines) is 1. The number of H-pyrrole nitrogens is 1. The predicted octanol–water partition coefficient (Wildman–Crippen LogP) is 5.17. The summed E-state index contributed by atoms with van der Waals surface area (Å²) in [7, 11) is 0. The molecule has 4 aromatic rings. The van der Waals surface area contributed by atoms with Gasteiger partial charge in [0, 0.05) is 18.5 Å². The minimum Gasteiger partial charge on any atom is -0.494 e. The summed E-state index contributed by atoms with van der Waals surface area (Å²) in [5.74, 6) is 1.59. The number of oxazole rings is 1. The van der Waals surface area contributed by atoms with Crippen LogP contribution in [0.3, 0.4) is 0 Å². The van der Waals surface area contributed by atoms with Gasteiger partial charge in [-0.2, -0.15) is 5.10 Å². The van der Waals surface area contributed by atoms with Crippen molar-refractivity contribution in [2.45, 2.75) is 32.2 Å². The second-order valence-electron chi connectivity index (χ2n) is 8.25. The Balaban J connectivity index is 1.29. The second kappa shape index (κ2) is 9.51. The lowest BCUT2D eigenvalue weighted by Crippen LogP contribution is -2.31. The van der Waals surface area contributed by atoms with Gasteiger partial charge in [-0.1, -0.05) is 12.1 Å². The van der Waals surface area contributed by atoms with Crippen LogP contribution in [0.25, 0.3) is 11.3 Å². The molecule has 5 rings (SSSR count). The lowest BCUT2D eigenvalue weighted by Gasteiger charge is -2.21. The Hall–Kier alpha value is -3.94. The van der Waals surface area contributed by atoms with E-state index in [1.807, 2.05) is 31.2 Å².